The maximum absolute atomic E-state index is 13.2. The van der Waals surface area contributed by atoms with Crippen LogP contribution in [0.4, 0.5) is 13.2 Å². The SMILES string of the molecule is CCc1ccc(OCc2ccc(C(=O)NCCCn3nc(C(F)(F)F)c(Cl)c3C3CC3)o2)cc1. The first kappa shape index (κ1) is 24.2. The average molecular weight is 496 g/mol. The van der Waals surface area contributed by atoms with E-state index in [1.165, 1.54) is 10.2 Å². The van der Waals surface area contributed by atoms with Crippen LogP contribution in [0.15, 0.2) is 40.8 Å². The van der Waals surface area contributed by atoms with Gasteiger partial charge in [-0.05, 0) is 55.5 Å². The number of aryl methyl sites for hydroxylation is 2. The quantitative estimate of drug-likeness (QED) is 0.351. The van der Waals surface area contributed by atoms with Crippen molar-refractivity contribution in [2.24, 2.45) is 0 Å². The Kier molecular flexibility index (Phi) is 7.21. The molecule has 1 fully saturated rings. The van der Waals surface area contributed by atoms with E-state index in [0.29, 0.717) is 23.6 Å². The number of alkyl halides is 3. The molecular weight excluding hydrogens is 471 g/mol. The fourth-order valence-corrected chi connectivity index (χ4v) is 4.02. The number of amides is 1. The van der Waals surface area contributed by atoms with E-state index >= 15 is 0 Å². The van der Waals surface area contributed by atoms with Gasteiger partial charge in [0, 0.05) is 19.0 Å². The summed E-state index contributed by atoms with van der Waals surface area (Å²) in [6.45, 7) is 2.73. The molecule has 2 heterocycles. The summed E-state index contributed by atoms with van der Waals surface area (Å²) in [4.78, 5) is 12.4. The molecule has 4 rings (SSSR count). The molecule has 0 spiro atoms. The molecule has 1 amide bonds. The van der Waals surface area contributed by atoms with E-state index in [2.05, 4.69) is 17.3 Å². The highest BCUT2D eigenvalue weighted by Gasteiger charge is 2.41. The summed E-state index contributed by atoms with van der Waals surface area (Å²) in [7, 11) is 0. The van der Waals surface area contributed by atoms with E-state index in [-0.39, 0.29) is 36.4 Å². The Hall–Kier alpha value is -2.94. The van der Waals surface area contributed by atoms with Gasteiger partial charge in [-0.15, -0.1) is 0 Å². The molecule has 6 nitrogen and oxygen atoms in total. The van der Waals surface area contributed by atoms with E-state index in [1.807, 2.05) is 24.3 Å². The monoisotopic (exact) mass is 495 g/mol. The molecule has 0 atom stereocenters. The molecule has 1 N–H and O–H groups in total. The molecule has 1 saturated carbocycles. The zero-order chi connectivity index (χ0) is 24.3. The molecule has 0 aliphatic heterocycles. The smallest absolute Gasteiger partial charge is 0.436 e. The molecule has 10 heteroatoms. The van der Waals surface area contributed by atoms with Crippen molar-refractivity contribution in [3.63, 3.8) is 0 Å². The minimum Gasteiger partial charge on any atom is -0.486 e. The van der Waals surface area contributed by atoms with Crippen LogP contribution in [-0.4, -0.2) is 22.2 Å². The van der Waals surface area contributed by atoms with Gasteiger partial charge in [-0.3, -0.25) is 9.48 Å². The van der Waals surface area contributed by atoms with Gasteiger partial charge >= 0.3 is 6.18 Å². The first-order valence-electron chi connectivity index (χ1n) is 11.2. The Bertz CT molecular complexity index is 1130. The minimum absolute atomic E-state index is 0.0130. The summed E-state index contributed by atoms with van der Waals surface area (Å²) in [5, 5.41) is 6.09. The second-order valence-electron chi connectivity index (χ2n) is 8.20. The van der Waals surface area contributed by atoms with E-state index in [9.17, 15) is 18.0 Å². The van der Waals surface area contributed by atoms with Gasteiger partial charge in [0.1, 0.15) is 18.1 Å². The lowest BCUT2D eigenvalue weighted by atomic mass is 10.2. The molecule has 34 heavy (non-hydrogen) atoms. The molecule has 2 aromatic heterocycles. The summed E-state index contributed by atoms with van der Waals surface area (Å²) in [5.74, 6) is 0.955. The zero-order valence-corrected chi connectivity index (χ0v) is 19.4. The summed E-state index contributed by atoms with van der Waals surface area (Å²) in [6.07, 6.45) is -1.66. The standard InChI is InChI=1S/C24H25ClF3N3O3/c1-2-15-4-8-17(9-5-15)33-14-18-10-11-19(34-18)23(32)29-12-3-13-31-21(16-6-7-16)20(25)22(30-31)24(26,27)28/h4-5,8-11,16H,2-3,6-7,12-14H2,1H3,(H,29,32). The summed E-state index contributed by atoms with van der Waals surface area (Å²) in [5.41, 5.74) is 0.594. The van der Waals surface area contributed by atoms with Gasteiger partial charge in [0.15, 0.2) is 11.5 Å². The number of carbonyl (C=O) groups is 1. The van der Waals surface area contributed by atoms with Crippen molar-refractivity contribution in [1.82, 2.24) is 15.1 Å². The van der Waals surface area contributed by atoms with Gasteiger partial charge in [-0.25, -0.2) is 0 Å². The molecule has 182 valence electrons. The number of ether oxygens (including phenoxy) is 1. The maximum Gasteiger partial charge on any atom is 0.436 e. The fourth-order valence-electron chi connectivity index (χ4n) is 3.62. The van der Waals surface area contributed by atoms with Crippen molar-refractivity contribution in [2.75, 3.05) is 6.54 Å². The Morgan fingerprint density at radius 2 is 1.97 bits per heavy atom. The highest BCUT2D eigenvalue weighted by molar-refractivity contribution is 6.32. The van der Waals surface area contributed by atoms with E-state index in [0.717, 1.165) is 19.3 Å². The van der Waals surface area contributed by atoms with Crippen LogP contribution in [0, 0.1) is 0 Å². The highest BCUT2D eigenvalue weighted by Crippen LogP contribution is 2.46. The molecule has 0 saturated heterocycles. The van der Waals surface area contributed by atoms with Gasteiger partial charge in [0.2, 0.25) is 0 Å². The molecule has 1 aliphatic rings. The predicted octanol–water partition coefficient (Wildman–Crippen LogP) is 5.99. The maximum atomic E-state index is 13.2. The lowest BCUT2D eigenvalue weighted by Crippen LogP contribution is -2.25. The van der Waals surface area contributed by atoms with Crippen molar-refractivity contribution in [2.45, 2.75) is 57.9 Å². The summed E-state index contributed by atoms with van der Waals surface area (Å²) in [6, 6.07) is 11.0. The van der Waals surface area contributed by atoms with Gasteiger partial charge in [-0.1, -0.05) is 30.7 Å². The lowest BCUT2D eigenvalue weighted by molar-refractivity contribution is -0.141. The number of carbonyl (C=O) groups excluding carboxylic acids is 1. The molecule has 0 unspecified atom stereocenters. The molecule has 0 radical (unpaired) electrons. The van der Waals surface area contributed by atoms with Crippen molar-refractivity contribution >= 4 is 17.5 Å². The molecule has 1 aromatic carbocycles. The number of hydrogen-bond donors (Lipinski definition) is 1. The first-order valence-corrected chi connectivity index (χ1v) is 11.6. The molecule has 3 aromatic rings. The van der Waals surface area contributed by atoms with E-state index in [1.54, 1.807) is 12.1 Å². The first-order chi connectivity index (χ1) is 16.3. The highest BCUT2D eigenvalue weighted by atomic mass is 35.5. The number of aromatic nitrogens is 2. The van der Waals surface area contributed by atoms with E-state index in [4.69, 9.17) is 20.8 Å². The van der Waals surface area contributed by atoms with Crippen molar-refractivity contribution < 1.29 is 27.1 Å². The number of furan rings is 1. The number of hydrogen-bond acceptors (Lipinski definition) is 4. The Labute approximate surface area is 200 Å². The van der Waals surface area contributed by atoms with Crippen LogP contribution in [0.2, 0.25) is 5.02 Å². The van der Waals surface area contributed by atoms with Crippen molar-refractivity contribution in [1.29, 1.82) is 0 Å². The Balaban J connectivity index is 1.26. The second kappa shape index (κ2) is 10.1. The van der Waals surface area contributed by atoms with E-state index < -0.39 is 17.8 Å². The third kappa shape index (κ3) is 5.75. The number of rotatable bonds is 10. The van der Waals surface area contributed by atoms with Crippen LogP contribution in [0.1, 0.15) is 65.4 Å². The van der Waals surface area contributed by atoms with Crippen LogP contribution >= 0.6 is 11.6 Å². The Morgan fingerprint density at radius 1 is 1.24 bits per heavy atom. The summed E-state index contributed by atoms with van der Waals surface area (Å²) < 4.78 is 52.0. The van der Waals surface area contributed by atoms with Crippen LogP contribution in [0.25, 0.3) is 0 Å². The normalized spacial score (nSPS) is 13.8. The predicted molar refractivity (Wildman–Crippen MR) is 120 cm³/mol. The number of nitrogens with one attached hydrogen (secondary N) is 1. The van der Waals surface area contributed by atoms with Gasteiger partial charge in [0.25, 0.3) is 5.91 Å². The van der Waals surface area contributed by atoms with Gasteiger partial charge < -0.3 is 14.5 Å². The average Bonchev–Trinajstić information content (AvgIpc) is 3.42. The fraction of sp³-hybridized carbons (Fsp3) is 0.417. The third-order valence-corrected chi connectivity index (χ3v) is 5.97. The third-order valence-electron chi connectivity index (χ3n) is 5.59. The number of nitrogens with zero attached hydrogens (tertiary/aromatic N) is 2. The molecule has 1 aliphatic carbocycles. The van der Waals surface area contributed by atoms with Crippen LogP contribution in [0.3, 0.4) is 0 Å². The molecular formula is C24H25ClF3N3O3. The largest absolute Gasteiger partial charge is 0.486 e. The van der Waals surface area contributed by atoms with Gasteiger partial charge in [0.05, 0.1) is 10.7 Å². The van der Waals surface area contributed by atoms with Crippen LogP contribution < -0.4 is 10.1 Å². The van der Waals surface area contributed by atoms with Gasteiger partial charge in [-0.2, -0.15) is 18.3 Å². The number of benzene rings is 1. The van der Waals surface area contributed by atoms with Crippen LogP contribution in [0.5, 0.6) is 5.75 Å². The van der Waals surface area contributed by atoms with Crippen molar-refractivity contribution in [3.8, 4) is 5.75 Å². The number of halogens is 4. The lowest BCUT2D eigenvalue weighted by Gasteiger charge is -2.08. The Morgan fingerprint density at radius 3 is 2.62 bits per heavy atom. The topological polar surface area (TPSA) is 69.3 Å². The molecule has 0 bridgehead atoms. The minimum atomic E-state index is -4.60. The zero-order valence-electron chi connectivity index (χ0n) is 18.6. The second-order valence-corrected chi connectivity index (χ2v) is 8.58. The van der Waals surface area contributed by atoms with Crippen LogP contribution in [-0.2, 0) is 25.7 Å². The van der Waals surface area contributed by atoms with Crippen molar-refractivity contribution in [3.05, 3.63) is 69.9 Å². The summed E-state index contributed by atoms with van der Waals surface area (Å²) >= 11 is 5.98.